The van der Waals surface area contributed by atoms with Gasteiger partial charge in [-0.2, -0.15) is 0 Å². The van der Waals surface area contributed by atoms with Crippen molar-refractivity contribution in [1.82, 2.24) is 0 Å². The molecule has 0 aromatic rings. The Labute approximate surface area is 177 Å². The summed E-state index contributed by atoms with van der Waals surface area (Å²) in [5, 5.41) is 0. The Morgan fingerprint density at radius 2 is 1.19 bits per heavy atom. The molecule has 134 valence electrons. The molecule has 4 aliphatic carbocycles. The van der Waals surface area contributed by atoms with Crippen molar-refractivity contribution in [3.63, 3.8) is 0 Å². The van der Waals surface area contributed by atoms with Crippen LogP contribution < -0.4 is 24.8 Å². The zero-order chi connectivity index (χ0) is 16.5. The van der Waals surface area contributed by atoms with Crippen LogP contribution >= 0.6 is 0 Å². The normalized spacial score (nSPS) is 24.3. The van der Waals surface area contributed by atoms with Crippen molar-refractivity contribution < 1.29 is 45.2 Å². The number of halogens is 2. The molecule has 0 radical (unpaired) electrons. The topological polar surface area (TPSA) is 0 Å². The molecule has 0 heterocycles. The standard InChI is InChI=1S/2C10H9.C2H6Si.2ClH.Zr/c2*1-2-5-9-7-4-8-10(9)6-3-1;1-3-2;;;/h2*1-5,7-8H,6H2;1-2H3;2*1H;/q;;;;;+2/p-2. The Kier molecular flexibility index (Phi) is 8.16. The Balaban J connectivity index is 0.00000121. The van der Waals surface area contributed by atoms with E-state index >= 15 is 0 Å². The Morgan fingerprint density at radius 3 is 1.62 bits per heavy atom. The molecule has 0 aliphatic heterocycles. The first-order valence-electron chi connectivity index (χ1n) is 8.92. The summed E-state index contributed by atoms with van der Waals surface area (Å²) in [7, 11) is 0. The van der Waals surface area contributed by atoms with Crippen LogP contribution in [-0.4, -0.2) is 5.43 Å². The minimum Gasteiger partial charge on any atom is -1.00 e. The van der Waals surface area contributed by atoms with E-state index in [1.165, 1.54) is 0 Å². The first-order chi connectivity index (χ1) is 11.8. The number of allylic oxidation sites excluding steroid dienone is 16. The van der Waals surface area contributed by atoms with Gasteiger partial charge in [0.1, 0.15) is 0 Å². The quantitative estimate of drug-likeness (QED) is 0.498. The van der Waals surface area contributed by atoms with Gasteiger partial charge >= 0.3 is 154 Å². The summed E-state index contributed by atoms with van der Waals surface area (Å²) in [6, 6.07) is 0. The van der Waals surface area contributed by atoms with E-state index in [-0.39, 0.29) is 30.2 Å². The molecule has 4 heteroatoms. The van der Waals surface area contributed by atoms with Crippen molar-refractivity contribution >= 4 is 5.43 Å². The van der Waals surface area contributed by atoms with Crippen molar-refractivity contribution in [2.24, 2.45) is 0 Å². The third kappa shape index (κ3) is 4.20. The van der Waals surface area contributed by atoms with Crippen LogP contribution in [0.5, 0.6) is 0 Å². The van der Waals surface area contributed by atoms with Crippen molar-refractivity contribution in [2.75, 3.05) is 0 Å². The van der Waals surface area contributed by atoms with E-state index in [4.69, 9.17) is 0 Å². The fraction of sp³-hybridized carbons (Fsp3) is 0.273. The molecular formula is C22H24Cl2SiZr. The molecule has 0 N–H and O–H groups in total. The van der Waals surface area contributed by atoms with Gasteiger partial charge in [0.15, 0.2) is 0 Å². The zero-order valence-corrected chi connectivity index (χ0v) is 20.2. The summed E-state index contributed by atoms with van der Waals surface area (Å²) in [6.07, 6.45) is 30.6. The molecule has 0 saturated carbocycles. The monoisotopic (exact) mass is 476 g/mol. The van der Waals surface area contributed by atoms with Crippen LogP contribution in [0.15, 0.2) is 95.2 Å². The Hall–Kier alpha value is -0.400. The maximum absolute atomic E-state index is 2.58. The van der Waals surface area contributed by atoms with Gasteiger partial charge in [0.05, 0.1) is 0 Å². The van der Waals surface area contributed by atoms with Gasteiger partial charge in [-0.05, 0) is 0 Å². The second-order valence-electron chi connectivity index (χ2n) is 7.07. The molecule has 0 amide bonds. The minimum atomic E-state index is -1.69. The fourth-order valence-electron chi connectivity index (χ4n) is 4.24. The van der Waals surface area contributed by atoms with Crippen LogP contribution in [0.2, 0.25) is 20.3 Å². The first-order valence-corrected chi connectivity index (χ1v) is 17.9. The predicted molar refractivity (Wildman–Crippen MR) is 103 cm³/mol. The van der Waals surface area contributed by atoms with Crippen molar-refractivity contribution in [2.45, 2.75) is 33.2 Å². The van der Waals surface area contributed by atoms with E-state index in [1.54, 1.807) is 22.3 Å². The molecule has 2 unspecified atom stereocenters. The van der Waals surface area contributed by atoms with E-state index in [0.29, 0.717) is 0 Å². The van der Waals surface area contributed by atoms with Gasteiger partial charge in [-0.25, -0.2) is 0 Å². The van der Waals surface area contributed by atoms with Crippen LogP contribution in [0.4, 0.5) is 0 Å². The van der Waals surface area contributed by atoms with Gasteiger partial charge in [-0.15, -0.1) is 0 Å². The van der Waals surface area contributed by atoms with E-state index < -0.39 is 20.4 Å². The third-order valence-electron chi connectivity index (χ3n) is 5.36. The predicted octanol–water partition coefficient (Wildman–Crippen LogP) is 0.206. The maximum Gasteiger partial charge on any atom is -1.00 e. The first kappa shape index (κ1) is 21.9. The summed E-state index contributed by atoms with van der Waals surface area (Å²) in [6.45, 7) is 5.16. The van der Waals surface area contributed by atoms with Gasteiger partial charge in [0.2, 0.25) is 0 Å². The smallest absolute Gasteiger partial charge is 1.00 e. The molecule has 2 atom stereocenters. The second-order valence-corrected chi connectivity index (χ2v) is 25.2. The van der Waals surface area contributed by atoms with Gasteiger partial charge in [-0.1, -0.05) is 0 Å². The molecule has 26 heavy (non-hydrogen) atoms. The van der Waals surface area contributed by atoms with Gasteiger partial charge in [0.25, 0.3) is 0 Å². The molecule has 0 aromatic heterocycles. The van der Waals surface area contributed by atoms with Crippen LogP contribution in [0, 0.1) is 0 Å². The molecule has 0 saturated heterocycles. The summed E-state index contributed by atoms with van der Waals surface area (Å²) in [5.41, 5.74) is 6.20. The molecule has 0 fully saturated rings. The van der Waals surface area contributed by atoms with E-state index in [9.17, 15) is 0 Å². The Bertz CT molecular complexity index is 779. The summed E-state index contributed by atoms with van der Waals surface area (Å²) >= 11 is -1.69. The average molecular weight is 479 g/mol. The number of rotatable bonds is 2. The number of hydrogen-bond acceptors (Lipinski definition) is 0. The van der Waals surface area contributed by atoms with Crippen LogP contribution in [0.25, 0.3) is 0 Å². The van der Waals surface area contributed by atoms with E-state index in [0.717, 1.165) is 20.1 Å². The maximum atomic E-state index is 2.58. The van der Waals surface area contributed by atoms with Crippen LogP contribution in [0.1, 0.15) is 12.8 Å². The SMILES string of the molecule is C[Si](C)=[Zr+2]([CH]1C=CC2=C1C=CC=CC2)[CH]1C=CC2=C1C=CC=CC2.[Cl-].[Cl-]. The molecule has 4 rings (SSSR count). The summed E-state index contributed by atoms with van der Waals surface area (Å²) in [4.78, 5) is 0. The van der Waals surface area contributed by atoms with Gasteiger partial charge < -0.3 is 24.8 Å². The average Bonchev–Trinajstić information content (AvgIpc) is 2.94. The van der Waals surface area contributed by atoms with Crippen LogP contribution in [0.3, 0.4) is 0 Å². The van der Waals surface area contributed by atoms with E-state index in [1.807, 2.05) is 0 Å². The van der Waals surface area contributed by atoms with Crippen molar-refractivity contribution in [1.29, 1.82) is 0 Å². The number of hydrogen-bond donors (Lipinski definition) is 0. The molecule has 0 spiro atoms. The van der Waals surface area contributed by atoms with Crippen LogP contribution in [-0.2, 0) is 20.4 Å². The zero-order valence-electron chi connectivity index (χ0n) is 15.3. The molecule has 0 bridgehead atoms. The van der Waals surface area contributed by atoms with Crippen molar-refractivity contribution in [3.05, 3.63) is 95.2 Å². The molecule has 0 aromatic carbocycles. The molecule has 4 aliphatic rings. The van der Waals surface area contributed by atoms with E-state index in [2.05, 4.69) is 86.0 Å². The minimum absolute atomic E-state index is 0. The molecule has 0 nitrogen and oxygen atoms in total. The fourth-order valence-corrected chi connectivity index (χ4v) is 23.1. The Morgan fingerprint density at radius 1 is 0.731 bits per heavy atom. The van der Waals surface area contributed by atoms with Gasteiger partial charge in [-0.3, -0.25) is 0 Å². The summed E-state index contributed by atoms with van der Waals surface area (Å²) < 4.78 is 1.54. The second kappa shape index (κ2) is 9.69. The largest absolute Gasteiger partial charge is 1.00 e. The van der Waals surface area contributed by atoms with Crippen molar-refractivity contribution in [3.8, 4) is 0 Å². The molecular weight excluding hydrogens is 454 g/mol. The third-order valence-corrected chi connectivity index (χ3v) is 24.5. The summed E-state index contributed by atoms with van der Waals surface area (Å²) in [5.74, 6) is 0. The van der Waals surface area contributed by atoms with Gasteiger partial charge in [0, 0.05) is 0 Å².